The number of amides is 3. The predicted molar refractivity (Wildman–Crippen MR) is 66.4 cm³/mol. The molecule has 6 heteroatoms. The van der Waals surface area contributed by atoms with Gasteiger partial charge in [-0.3, -0.25) is 19.3 Å². The van der Waals surface area contributed by atoms with E-state index in [1.165, 1.54) is 0 Å². The third-order valence-corrected chi connectivity index (χ3v) is 3.07. The lowest BCUT2D eigenvalue weighted by molar-refractivity contribution is -0.141. The summed E-state index contributed by atoms with van der Waals surface area (Å²) in [6.45, 7) is 6.06. The second-order valence-electron chi connectivity index (χ2n) is 5.28. The van der Waals surface area contributed by atoms with Gasteiger partial charge in [0.05, 0.1) is 12.0 Å². The summed E-state index contributed by atoms with van der Waals surface area (Å²) in [7, 11) is 0. The van der Waals surface area contributed by atoms with Crippen LogP contribution in [0.25, 0.3) is 0 Å². The van der Waals surface area contributed by atoms with Crippen molar-refractivity contribution in [2.45, 2.75) is 39.7 Å². The van der Waals surface area contributed by atoms with Crippen molar-refractivity contribution in [3.8, 4) is 0 Å². The topological polar surface area (TPSA) is 92.5 Å². The quantitative estimate of drug-likeness (QED) is 0.633. The van der Waals surface area contributed by atoms with E-state index >= 15 is 0 Å². The van der Waals surface area contributed by atoms with Gasteiger partial charge < -0.3 is 11.1 Å². The predicted octanol–water partition coefficient (Wildman–Crippen LogP) is -0.375. The maximum absolute atomic E-state index is 12.0. The second kappa shape index (κ2) is 5.48. The maximum Gasteiger partial charge on any atom is 0.236 e. The molecule has 1 heterocycles. The Hall–Kier alpha value is -1.43. The minimum Gasteiger partial charge on any atom is -0.368 e. The Bertz CT molecular complexity index is 366. The van der Waals surface area contributed by atoms with Gasteiger partial charge in [-0.2, -0.15) is 0 Å². The normalized spacial score (nSPS) is 20.3. The van der Waals surface area contributed by atoms with Gasteiger partial charge in [-0.05, 0) is 13.0 Å². The lowest BCUT2D eigenvalue weighted by atomic mass is 9.92. The summed E-state index contributed by atoms with van der Waals surface area (Å²) >= 11 is 0. The van der Waals surface area contributed by atoms with E-state index in [4.69, 9.17) is 5.73 Å². The Morgan fingerprint density at radius 2 is 2.11 bits per heavy atom. The summed E-state index contributed by atoms with van der Waals surface area (Å²) in [6.07, 6.45) is 1.03. The van der Waals surface area contributed by atoms with Crippen LogP contribution in [0.3, 0.4) is 0 Å². The molecular weight excluding hydrogens is 234 g/mol. The zero-order chi connectivity index (χ0) is 13.9. The number of hydrogen-bond acceptors (Lipinski definition) is 4. The van der Waals surface area contributed by atoms with Crippen LogP contribution in [0.15, 0.2) is 0 Å². The highest BCUT2D eigenvalue weighted by molar-refractivity contribution is 6.05. The molecule has 0 bridgehead atoms. The van der Waals surface area contributed by atoms with Crippen LogP contribution in [0, 0.1) is 5.41 Å². The highest BCUT2D eigenvalue weighted by Gasteiger charge is 2.45. The molecule has 1 atom stereocenters. The van der Waals surface area contributed by atoms with Crippen LogP contribution in [0.1, 0.15) is 33.6 Å². The van der Waals surface area contributed by atoms with Crippen molar-refractivity contribution in [1.29, 1.82) is 0 Å². The molecule has 0 saturated carbocycles. The Balaban J connectivity index is 2.72. The van der Waals surface area contributed by atoms with Gasteiger partial charge in [0.1, 0.15) is 6.04 Å². The van der Waals surface area contributed by atoms with Crippen LogP contribution in [-0.4, -0.2) is 41.8 Å². The molecule has 1 fully saturated rings. The number of rotatable bonds is 6. The molecule has 0 aromatic heterocycles. The Labute approximate surface area is 107 Å². The molecular formula is C12H21N3O3. The minimum atomic E-state index is -0.677. The average Bonchev–Trinajstić information content (AvgIpc) is 2.45. The zero-order valence-electron chi connectivity index (χ0n) is 11.2. The standard InChI is InChI=1S/C12H21N3O3/c1-4-5-14-8(10(13)17)7-15-9(16)6-12(2,3)11(15)18/h8,14H,4-7H2,1-3H3,(H2,13,17). The van der Waals surface area contributed by atoms with E-state index in [1.54, 1.807) is 13.8 Å². The smallest absolute Gasteiger partial charge is 0.236 e. The first kappa shape index (κ1) is 14.6. The number of likely N-dealkylation sites (tertiary alicyclic amines) is 1. The van der Waals surface area contributed by atoms with Crippen LogP contribution >= 0.6 is 0 Å². The van der Waals surface area contributed by atoms with E-state index in [0.717, 1.165) is 11.3 Å². The molecule has 0 aromatic carbocycles. The van der Waals surface area contributed by atoms with E-state index in [2.05, 4.69) is 5.32 Å². The first-order valence-electron chi connectivity index (χ1n) is 6.17. The number of carbonyl (C=O) groups excluding carboxylic acids is 3. The summed E-state index contributed by atoms with van der Waals surface area (Å²) in [4.78, 5) is 36.2. The zero-order valence-corrected chi connectivity index (χ0v) is 11.2. The Kier molecular flexibility index (Phi) is 4.45. The monoisotopic (exact) mass is 255 g/mol. The van der Waals surface area contributed by atoms with E-state index in [-0.39, 0.29) is 24.8 Å². The molecule has 0 aromatic rings. The van der Waals surface area contributed by atoms with Crippen molar-refractivity contribution < 1.29 is 14.4 Å². The molecule has 18 heavy (non-hydrogen) atoms. The van der Waals surface area contributed by atoms with Crippen molar-refractivity contribution in [3.63, 3.8) is 0 Å². The number of primary amides is 1. The summed E-state index contributed by atoms with van der Waals surface area (Å²) in [6, 6.07) is -0.674. The molecule has 3 N–H and O–H groups in total. The third-order valence-electron chi connectivity index (χ3n) is 3.07. The number of hydrogen-bond donors (Lipinski definition) is 2. The van der Waals surface area contributed by atoms with Crippen LogP contribution < -0.4 is 11.1 Å². The van der Waals surface area contributed by atoms with Crippen molar-refractivity contribution >= 4 is 17.7 Å². The molecule has 1 saturated heterocycles. The Morgan fingerprint density at radius 1 is 1.50 bits per heavy atom. The van der Waals surface area contributed by atoms with Crippen molar-refractivity contribution in [2.75, 3.05) is 13.1 Å². The van der Waals surface area contributed by atoms with Crippen molar-refractivity contribution in [2.24, 2.45) is 11.1 Å². The van der Waals surface area contributed by atoms with Crippen LogP contribution in [0.4, 0.5) is 0 Å². The SMILES string of the molecule is CCCNC(CN1C(=O)CC(C)(C)C1=O)C(N)=O. The molecule has 6 nitrogen and oxygen atoms in total. The molecule has 1 unspecified atom stereocenters. The average molecular weight is 255 g/mol. The van der Waals surface area contributed by atoms with Gasteiger partial charge in [-0.15, -0.1) is 0 Å². The fourth-order valence-electron chi connectivity index (χ4n) is 1.97. The fraction of sp³-hybridized carbons (Fsp3) is 0.750. The lowest BCUT2D eigenvalue weighted by Crippen LogP contribution is -2.51. The first-order valence-corrected chi connectivity index (χ1v) is 6.17. The molecule has 1 aliphatic rings. The second-order valence-corrected chi connectivity index (χ2v) is 5.28. The van der Waals surface area contributed by atoms with E-state index in [0.29, 0.717) is 6.54 Å². The fourth-order valence-corrected chi connectivity index (χ4v) is 1.97. The number of nitrogens with zero attached hydrogens (tertiary/aromatic N) is 1. The molecule has 1 aliphatic heterocycles. The van der Waals surface area contributed by atoms with Gasteiger partial charge in [0.2, 0.25) is 17.7 Å². The summed E-state index contributed by atoms with van der Waals surface area (Å²) in [5, 5.41) is 2.94. The van der Waals surface area contributed by atoms with Gasteiger partial charge in [0.25, 0.3) is 0 Å². The van der Waals surface area contributed by atoms with Gasteiger partial charge in [0, 0.05) is 6.42 Å². The van der Waals surface area contributed by atoms with Crippen molar-refractivity contribution in [3.05, 3.63) is 0 Å². The first-order chi connectivity index (χ1) is 8.29. The Morgan fingerprint density at radius 3 is 2.50 bits per heavy atom. The largest absolute Gasteiger partial charge is 0.368 e. The summed E-state index contributed by atoms with van der Waals surface area (Å²) < 4.78 is 0. The van der Waals surface area contributed by atoms with Gasteiger partial charge >= 0.3 is 0 Å². The molecule has 102 valence electrons. The van der Waals surface area contributed by atoms with E-state index in [1.807, 2.05) is 6.92 Å². The van der Waals surface area contributed by atoms with E-state index in [9.17, 15) is 14.4 Å². The van der Waals surface area contributed by atoms with E-state index < -0.39 is 17.4 Å². The van der Waals surface area contributed by atoms with Crippen LogP contribution in [-0.2, 0) is 14.4 Å². The summed E-state index contributed by atoms with van der Waals surface area (Å²) in [5.41, 5.74) is 4.59. The van der Waals surface area contributed by atoms with Crippen LogP contribution in [0.2, 0.25) is 0 Å². The highest BCUT2D eigenvalue weighted by atomic mass is 16.2. The summed E-state index contributed by atoms with van der Waals surface area (Å²) in [5.74, 6) is -1.03. The molecule has 0 spiro atoms. The maximum atomic E-state index is 12.0. The van der Waals surface area contributed by atoms with Crippen molar-refractivity contribution in [1.82, 2.24) is 10.2 Å². The highest BCUT2D eigenvalue weighted by Crippen LogP contribution is 2.31. The number of nitrogens with one attached hydrogen (secondary N) is 1. The van der Waals surface area contributed by atoms with Crippen LogP contribution in [0.5, 0.6) is 0 Å². The lowest BCUT2D eigenvalue weighted by Gasteiger charge is -2.22. The minimum absolute atomic E-state index is 0.0242. The number of nitrogens with two attached hydrogens (primary N) is 1. The molecule has 3 amide bonds. The number of imide groups is 1. The molecule has 0 aliphatic carbocycles. The van der Waals surface area contributed by atoms with Gasteiger partial charge in [-0.25, -0.2) is 0 Å². The van der Waals surface area contributed by atoms with Gasteiger partial charge in [0.15, 0.2) is 0 Å². The molecule has 1 rings (SSSR count). The molecule has 0 radical (unpaired) electrons. The van der Waals surface area contributed by atoms with Gasteiger partial charge in [-0.1, -0.05) is 20.8 Å². The number of carbonyl (C=O) groups is 3. The third kappa shape index (κ3) is 3.07.